The molecule has 0 aliphatic heterocycles. The highest BCUT2D eigenvalue weighted by Gasteiger charge is 2.20. The van der Waals surface area contributed by atoms with E-state index in [2.05, 4.69) is 31.3 Å². The van der Waals surface area contributed by atoms with E-state index in [1.807, 2.05) is 0 Å². The number of carbonyl (C=O) groups excluding carboxylic acids is 2. The molecule has 6 nitrogen and oxygen atoms in total. The molecular formula is C55H107NO5. The van der Waals surface area contributed by atoms with Crippen LogP contribution < -0.4 is 5.32 Å². The molecule has 0 fully saturated rings. The number of allylic oxidation sites excluding steroid dienone is 2. The van der Waals surface area contributed by atoms with Gasteiger partial charge in [-0.1, -0.05) is 251 Å². The molecule has 1 amide bonds. The standard InChI is InChI=1S/C55H107NO5/c1-3-5-7-9-11-13-14-15-16-17-20-23-26-29-33-37-41-45-49-55(60)61-50-46-42-38-34-30-27-24-21-18-19-22-25-28-32-36-40-44-48-54(59)56-52(51-57)53(58)47-43-39-35-31-12-10-8-6-4-2/h18,21,52-53,57-58H,3-17,19-20,22-51H2,1-2H3,(H,56,59)/b21-18-. The SMILES string of the molecule is CCCCCCCCCCCCCCCCCCCCC(=O)OCCCCCCCC/C=C\CCCCCCCCCC(=O)NC(CO)C(O)CCCCCCCCCCC. The molecule has 0 heterocycles. The highest BCUT2D eigenvalue weighted by molar-refractivity contribution is 5.76. The maximum atomic E-state index is 12.4. The van der Waals surface area contributed by atoms with Crippen LogP contribution in [0.5, 0.6) is 0 Å². The van der Waals surface area contributed by atoms with E-state index in [4.69, 9.17) is 4.74 Å². The summed E-state index contributed by atoms with van der Waals surface area (Å²) in [6.07, 6.45) is 59.2. The van der Waals surface area contributed by atoms with Gasteiger partial charge in [-0.15, -0.1) is 0 Å². The van der Waals surface area contributed by atoms with Crippen molar-refractivity contribution in [2.45, 2.75) is 315 Å². The van der Waals surface area contributed by atoms with Crippen LogP contribution in [0.2, 0.25) is 0 Å². The van der Waals surface area contributed by atoms with Crippen LogP contribution in [0.25, 0.3) is 0 Å². The van der Waals surface area contributed by atoms with Crippen LogP contribution in [0.3, 0.4) is 0 Å². The second kappa shape index (κ2) is 51.2. The van der Waals surface area contributed by atoms with Gasteiger partial charge in [-0.25, -0.2) is 0 Å². The minimum atomic E-state index is -0.669. The van der Waals surface area contributed by atoms with E-state index in [0.717, 1.165) is 51.4 Å². The fourth-order valence-corrected chi connectivity index (χ4v) is 8.58. The monoisotopic (exact) mass is 862 g/mol. The molecule has 0 spiro atoms. The topological polar surface area (TPSA) is 95.9 Å². The summed E-state index contributed by atoms with van der Waals surface area (Å²) in [5, 5.41) is 23.1. The summed E-state index contributed by atoms with van der Waals surface area (Å²) in [6, 6.07) is -0.547. The van der Waals surface area contributed by atoms with Crippen LogP contribution in [0, 0.1) is 0 Å². The van der Waals surface area contributed by atoms with Gasteiger partial charge < -0.3 is 20.3 Å². The third kappa shape index (κ3) is 47.9. The summed E-state index contributed by atoms with van der Waals surface area (Å²) in [4.78, 5) is 24.5. The highest BCUT2D eigenvalue weighted by Crippen LogP contribution is 2.17. The highest BCUT2D eigenvalue weighted by atomic mass is 16.5. The Hall–Kier alpha value is -1.40. The molecule has 61 heavy (non-hydrogen) atoms. The van der Waals surface area contributed by atoms with Gasteiger partial charge in [0.15, 0.2) is 0 Å². The Kier molecular flexibility index (Phi) is 50.1. The summed E-state index contributed by atoms with van der Waals surface area (Å²) in [6.45, 7) is 4.92. The molecule has 2 unspecified atom stereocenters. The van der Waals surface area contributed by atoms with Gasteiger partial charge in [0.05, 0.1) is 25.4 Å². The van der Waals surface area contributed by atoms with Gasteiger partial charge >= 0.3 is 5.97 Å². The maximum Gasteiger partial charge on any atom is 0.305 e. The fraction of sp³-hybridized carbons (Fsp3) is 0.927. The van der Waals surface area contributed by atoms with E-state index in [0.29, 0.717) is 25.9 Å². The van der Waals surface area contributed by atoms with E-state index in [9.17, 15) is 19.8 Å². The Morgan fingerprint density at radius 2 is 0.770 bits per heavy atom. The summed E-state index contributed by atoms with van der Waals surface area (Å²) >= 11 is 0. The average Bonchev–Trinajstić information content (AvgIpc) is 3.26. The molecule has 0 rings (SSSR count). The van der Waals surface area contributed by atoms with Crippen LogP contribution >= 0.6 is 0 Å². The number of hydrogen-bond donors (Lipinski definition) is 3. The normalized spacial score (nSPS) is 12.7. The van der Waals surface area contributed by atoms with Crippen LogP contribution in [-0.4, -0.2) is 47.4 Å². The molecule has 0 saturated carbocycles. The lowest BCUT2D eigenvalue weighted by atomic mass is 10.0. The van der Waals surface area contributed by atoms with E-state index >= 15 is 0 Å². The minimum absolute atomic E-state index is 0.00256. The molecular weight excluding hydrogens is 755 g/mol. The number of nitrogens with one attached hydrogen (secondary N) is 1. The van der Waals surface area contributed by atoms with Gasteiger partial charge in [-0.2, -0.15) is 0 Å². The van der Waals surface area contributed by atoms with Gasteiger partial charge in [0, 0.05) is 12.8 Å². The smallest absolute Gasteiger partial charge is 0.305 e. The Labute approximate surface area is 380 Å². The van der Waals surface area contributed by atoms with Gasteiger partial charge in [0.1, 0.15) is 0 Å². The molecule has 0 aliphatic rings. The zero-order valence-electron chi connectivity index (χ0n) is 41.2. The lowest BCUT2D eigenvalue weighted by Crippen LogP contribution is -2.45. The van der Waals surface area contributed by atoms with Crippen LogP contribution in [0.1, 0.15) is 303 Å². The number of amides is 1. The third-order valence-electron chi connectivity index (χ3n) is 12.8. The number of ether oxygens (including phenoxy) is 1. The first-order valence-electron chi connectivity index (χ1n) is 27.4. The molecule has 0 radical (unpaired) electrons. The predicted molar refractivity (Wildman–Crippen MR) is 264 cm³/mol. The molecule has 0 aliphatic carbocycles. The molecule has 0 aromatic heterocycles. The summed E-state index contributed by atoms with van der Waals surface area (Å²) in [5.74, 6) is -0.0462. The van der Waals surface area contributed by atoms with E-state index in [1.165, 1.54) is 218 Å². The fourth-order valence-electron chi connectivity index (χ4n) is 8.58. The van der Waals surface area contributed by atoms with E-state index < -0.39 is 12.1 Å². The number of unbranched alkanes of at least 4 members (excludes halogenated alkanes) is 38. The van der Waals surface area contributed by atoms with Crippen molar-refractivity contribution in [3.63, 3.8) is 0 Å². The van der Waals surface area contributed by atoms with Crippen molar-refractivity contribution in [2.24, 2.45) is 0 Å². The van der Waals surface area contributed by atoms with Gasteiger partial charge in [0.2, 0.25) is 5.91 Å². The van der Waals surface area contributed by atoms with Gasteiger partial charge in [-0.3, -0.25) is 9.59 Å². The number of esters is 1. The number of rotatable bonds is 51. The van der Waals surface area contributed by atoms with E-state index in [1.54, 1.807) is 0 Å². The first kappa shape index (κ1) is 59.6. The second-order valence-electron chi connectivity index (χ2n) is 18.9. The number of carbonyl (C=O) groups is 2. The first-order chi connectivity index (χ1) is 30.0. The Bertz CT molecular complexity index is 909. The van der Waals surface area contributed by atoms with Crippen LogP contribution in [-0.2, 0) is 14.3 Å². The van der Waals surface area contributed by atoms with E-state index in [-0.39, 0.29) is 18.5 Å². The Morgan fingerprint density at radius 3 is 1.16 bits per heavy atom. The Morgan fingerprint density at radius 1 is 0.443 bits per heavy atom. The van der Waals surface area contributed by atoms with Crippen molar-refractivity contribution in [2.75, 3.05) is 13.2 Å². The lowest BCUT2D eigenvalue weighted by molar-refractivity contribution is -0.143. The molecule has 2 atom stereocenters. The second-order valence-corrected chi connectivity index (χ2v) is 18.9. The predicted octanol–water partition coefficient (Wildman–Crippen LogP) is 16.5. The lowest BCUT2D eigenvalue weighted by Gasteiger charge is -2.22. The zero-order chi connectivity index (χ0) is 44.4. The van der Waals surface area contributed by atoms with Crippen molar-refractivity contribution < 1.29 is 24.5 Å². The van der Waals surface area contributed by atoms with Crippen LogP contribution in [0.15, 0.2) is 12.2 Å². The van der Waals surface area contributed by atoms with Gasteiger partial charge in [0.25, 0.3) is 0 Å². The van der Waals surface area contributed by atoms with Crippen molar-refractivity contribution in [3.8, 4) is 0 Å². The molecule has 362 valence electrons. The summed E-state index contributed by atoms with van der Waals surface area (Å²) in [5.41, 5.74) is 0. The van der Waals surface area contributed by atoms with Crippen LogP contribution in [0.4, 0.5) is 0 Å². The largest absolute Gasteiger partial charge is 0.466 e. The van der Waals surface area contributed by atoms with Crippen molar-refractivity contribution in [1.82, 2.24) is 5.32 Å². The van der Waals surface area contributed by atoms with Crippen molar-refractivity contribution >= 4 is 11.9 Å². The summed E-state index contributed by atoms with van der Waals surface area (Å²) in [7, 11) is 0. The van der Waals surface area contributed by atoms with Gasteiger partial charge in [-0.05, 0) is 51.4 Å². The Balaban J connectivity index is 3.39. The molecule has 0 aromatic rings. The molecule has 6 heteroatoms. The average molecular weight is 862 g/mol. The molecule has 3 N–H and O–H groups in total. The number of aliphatic hydroxyl groups is 2. The quantitative estimate of drug-likeness (QED) is 0.0322. The molecule has 0 bridgehead atoms. The molecule has 0 saturated heterocycles. The maximum absolute atomic E-state index is 12.4. The van der Waals surface area contributed by atoms with Crippen molar-refractivity contribution in [1.29, 1.82) is 0 Å². The minimum Gasteiger partial charge on any atom is -0.466 e. The molecule has 0 aromatic carbocycles. The third-order valence-corrected chi connectivity index (χ3v) is 12.8. The number of hydrogen-bond acceptors (Lipinski definition) is 5. The summed E-state index contributed by atoms with van der Waals surface area (Å²) < 4.78 is 5.48. The zero-order valence-corrected chi connectivity index (χ0v) is 41.2. The first-order valence-corrected chi connectivity index (χ1v) is 27.4. The number of aliphatic hydroxyl groups excluding tert-OH is 2. The van der Waals surface area contributed by atoms with Crippen molar-refractivity contribution in [3.05, 3.63) is 12.2 Å².